The van der Waals surface area contributed by atoms with Crippen LogP contribution in [-0.2, 0) is 6.54 Å². The van der Waals surface area contributed by atoms with E-state index in [9.17, 15) is 0 Å². The number of nitrogens with zero attached hydrogens (tertiary/aromatic N) is 4. The molecule has 0 aromatic carbocycles. The number of tetrazole rings is 1. The highest BCUT2D eigenvalue weighted by Gasteiger charge is 2.23. The van der Waals surface area contributed by atoms with Gasteiger partial charge in [0.05, 0.1) is 12.6 Å². The predicted octanol–water partition coefficient (Wildman–Crippen LogP) is 1.43. The van der Waals surface area contributed by atoms with Crippen molar-refractivity contribution in [2.45, 2.75) is 63.6 Å². The molecule has 0 aliphatic heterocycles. The second-order valence-electron chi connectivity index (χ2n) is 4.99. The van der Waals surface area contributed by atoms with Gasteiger partial charge in [-0.3, -0.25) is 0 Å². The van der Waals surface area contributed by atoms with Crippen LogP contribution in [0.15, 0.2) is 0 Å². The lowest BCUT2D eigenvalue weighted by Crippen LogP contribution is -2.22. The number of hydrogen-bond acceptors (Lipinski definition) is 4. The van der Waals surface area contributed by atoms with Crippen molar-refractivity contribution in [2.75, 3.05) is 0 Å². The Labute approximate surface area is 95.6 Å². The molecule has 0 spiro atoms. The third-order valence-electron chi connectivity index (χ3n) is 3.61. The Morgan fingerprint density at radius 3 is 2.69 bits per heavy atom. The Bertz CT molecular complexity index is 338. The first-order valence-electron chi connectivity index (χ1n) is 6.43. The fourth-order valence-corrected chi connectivity index (χ4v) is 2.46. The van der Waals surface area contributed by atoms with Gasteiger partial charge >= 0.3 is 0 Å². The first kappa shape index (κ1) is 10.2. The summed E-state index contributed by atoms with van der Waals surface area (Å²) in [5.41, 5.74) is 0. The summed E-state index contributed by atoms with van der Waals surface area (Å²) in [6.45, 7) is 0.828. The van der Waals surface area contributed by atoms with Crippen molar-refractivity contribution in [3.05, 3.63) is 5.82 Å². The van der Waals surface area contributed by atoms with Crippen LogP contribution in [0.25, 0.3) is 0 Å². The average molecular weight is 221 g/mol. The van der Waals surface area contributed by atoms with Gasteiger partial charge in [0.25, 0.3) is 0 Å². The van der Waals surface area contributed by atoms with Crippen molar-refractivity contribution >= 4 is 0 Å². The van der Waals surface area contributed by atoms with Gasteiger partial charge in [-0.25, -0.2) is 4.68 Å². The maximum Gasteiger partial charge on any atom is 0.165 e. The van der Waals surface area contributed by atoms with E-state index in [1.807, 2.05) is 0 Å². The Hall–Kier alpha value is -0.970. The van der Waals surface area contributed by atoms with Gasteiger partial charge in [-0.1, -0.05) is 19.3 Å². The van der Waals surface area contributed by atoms with Crippen LogP contribution in [0.2, 0.25) is 0 Å². The Morgan fingerprint density at radius 2 is 1.94 bits per heavy atom. The fourth-order valence-electron chi connectivity index (χ4n) is 2.46. The molecule has 2 fully saturated rings. The molecule has 0 amide bonds. The molecule has 2 saturated carbocycles. The lowest BCUT2D eigenvalue weighted by atomic mass is 9.95. The van der Waals surface area contributed by atoms with Crippen LogP contribution in [0.4, 0.5) is 0 Å². The largest absolute Gasteiger partial charge is 0.307 e. The molecule has 3 rings (SSSR count). The summed E-state index contributed by atoms with van der Waals surface area (Å²) in [6, 6.07) is 1.26. The van der Waals surface area contributed by atoms with Gasteiger partial charge in [0, 0.05) is 6.04 Å². The van der Waals surface area contributed by atoms with Crippen LogP contribution < -0.4 is 5.32 Å². The molecule has 0 radical (unpaired) electrons. The average Bonchev–Trinajstić information content (AvgIpc) is 3.05. The van der Waals surface area contributed by atoms with Gasteiger partial charge in [-0.2, -0.15) is 0 Å². The third-order valence-corrected chi connectivity index (χ3v) is 3.61. The summed E-state index contributed by atoms with van der Waals surface area (Å²) in [7, 11) is 0. The van der Waals surface area contributed by atoms with Crippen molar-refractivity contribution in [3.63, 3.8) is 0 Å². The smallest absolute Gasteiger partial charge is 0.165 e. The summed E-state index contributed by atoms with van der Waals surface area (Å²) >= 11 is 0. The van der Waals surface area contributed by atoms with Crippen LogP contribution in [0.3, 0.4) is 0 Å². The van der Waals surface area contributed by atoms with Gasteiger partial charge < -0.3 is 5.32 Å². The number of aromatic nitrogens is 4. The summed E-state index contributed by atoms with van der Waals surface area (Å²) < 4.78 is 2.05. The van der Waals surface area contributed by atoms with Gasteiger partial charge in [-0.05, 0) is 36.1 Å². The second kappa shape index (κ2) is 4.49. The van der Waals surface area contributed by atoms with Crippen LogP contribution in [-0.4, -0.2) is 26.2 Å². The second-order valence-corrected chi connectivity index (χ2v) is 4.99. The van der Waals surface area contributed by atoms with E-state index in [-0.39, 0.29) is 0 Å². The fraction of sp³-hybridized carbons (Fsp3) is 0.909. The zero-order chi connectivity index (χ0) is 10.8. The topological polar surface area (TPSA) is 55.6 Å². The van der Waals surface area contributed by atoms with E-state index in [1.165, 1.54) is 44.9 Å². The number of nitrogens with one attached hydrogen (secondary N) is 1. The van der Waals surface area contributed by atoms with Crippen LogP contribution in [0, 0.1) is 0 Å². The molecule has 0 saturated heterocycles. The van der Waals surface area contributed by atoms with Crippen molar-refractivity contribution in [1.29, 1.82) is 0 Å². The lowest BCUT2D eigenvalue weighted by Gasteiger charge is -2.22. The zero-order valence-electron chi connectivity index (χ0n) is 9.60. The third kappa shape index (κ3) is 2.24. The van der Waals surface area contributed by atoms with Gasteiger partial charge in [-0.15, -0.1) is 5.10 Å². The minimum absolute atomic E-state index is 0.541. The van der Waals surface area contributed by atoms with E-state index < -0.39 is 0 Å². The summed E-state index contributed by atoms with van der Waals surface area (Å²) in [6.07, 6.45) is 9.10. The van der Waals surface area contributed by atoms with E-state index >= 15 is 0 Å². The molecular weight excluding hydrogens is 202 g/mol. The molecule has 5 heteroatoms. The van der Waals surface area contributed by atoms with Crippen molar-refractivity contribution in [2.24, 2.45) is 0 Å². The maximum absolute atomic E-state index is 4.15. The molecule has 0 atom stereocenters. The van der Waals surface area contributed by atoms with Crippen molar-refractivity contribution in [1.82, 2.24) is 25.5 Å². The summed E-state index contributed by atoms with van der Waals surface area (Å²) in [5, 5.41) is 15.6. The highest BCUT2D eigenvalue weighted by Crippen LogP contribution is 2.28. The quantitative estimate of drug-likeness (QED) is 0.835. The molecule has 5 nitrogen and oxygen atoms in total. The number of hydrogen-bond donors (Lipinski definition) is 1. The summed E-state index contributed by atoms with van der Waals surface area (Å²) in [5.74, 6) is 1.01. The summed E-state index contributed by atoms with van der Waals surface area (Å²) in [4.78, 5) is 0. The molecule has 0 bridgehead atoms. The lowest BCUT2D eigenvalue weighted by molar-refractivity contribution is 0.314. The Balaban J connectivity index is 1.65. The standard InChI is InChI=1S/C11H19N5/c1-2-4-10(5-3-1)16-11(13-14-15-16)8-12-9-6-7-9/h9-10,12H,1-8H2. The van der Waals surface area contributed by atoms with Crippen LogP contribution in [0.5, 0.6) is 0 Å². The maximum atomic E-state index is 4.15. The molecule has 1 aromatic heterocycles. The van der Waals surface area contributed by atoms with Crippen LogP contribution in [0.1, 0.15) is 56.8 Å². The molecule has 2 aliphatic rings. The van der Waals surface area contributed by atoms with Gasteiger partial charge in [0.2, 0.25) is 0 Å². The molecule has 16 heavy (non-hydrogen) atoms. The van der Waals surface area contributed by atoms with Crippen molar-refractivity contribution in [3.8, 4) is 0 Å². The molecule has 88 valence electrons. The normalized spacial score (nSPS) is 22.5. The van der Waals surface area contributed by atoms with Crippen molar-refractivity contribution < 1.29 is 0 Å². The first-order valence-corrected chi connectivity index (χ1v) is 6.43. The molecule has 1 aromatic rings. The molecule has 1 heterocycles. The highest BCUT2D eigenvalue weighted by atomic mass is 15.6. The van der Waals surface area contributed by atoms with E-state index in [2.05, 4.69) is 25.5 Å². The zero-order valence-corrected chi connectivity index (χ0v) is 9.60. The molecule has 0 unspecified atom stereocenters. The minimum atomic E-state index is 0.541. The minimum Gasteiger partial charge on any atom is -0.307 e. The van der Waals surface area contributed by atoms with E-state index in [0.717, 1.165) is 18.4 Å². The Kier molecular flexibility index (Phi) is 2.86. The van der Waals surface area contributed by atoms with E-state index in [4.69, 9.17) is 0 Å². The highest BCUT2D eigenvalue weighted by molar-refractivity contribution is 4.89. The SMILES string of the molecule is C1CCC(n2nnnc2CNC2CC2)CC1. The monoisotopic (exact) mass is 221 g/mol. The van der Waals surface area contributed by atoms with Crippen LogP contribution >= 0.6 is 0 Å². The molecule has 2 aliphatic carbocycles. The predicted molar refractivity (Wildman–Crippen MR) is 59.8 cm³/mol. The molecular formula is C11H19N5. The van der Waals surface area contributed by atoms with Gasteiger partial charge in [0.15, 0.2) is 5.82 Å². The number of rotatable bonds is 4. The Morgan fingerprint density at radius 1 is 1.12 bits per heavy atom. The van der Waals surface area contributed by atoms with E-state index in [1.54, 1.807) is 0 Å². The molecule has 1 N–H and O–H groups in total. The van der Waals surface area contributed by atoms with E-state index in [0.29, 0.717) is 6.04 Å². The first-order chi connectivity index (χ1) is 7.93. The van der Waals surface area contributed by atoms with Gasteiger partial charge in [0.1, 0.15) is 0 Å².